The van der Waals surface area contributed by atoms with Crippen molar-refractivity contribution in [2.75, 3.05) is 0 Å². The number of hydrogen-bond acceptors (Lipinski definition) is 0. The van der Waals surface area contributed by atoms with Gasteiger partial charge in [-0.1, -0.05) is 129 Å². The molecule has 0 aromatic heterocycles. The summed E-state index contributed by atoms with van der Waals surface area (Å²) in [6, 6.07) is 43.9. The topological polar surface area (TPSA) is 0 Å². The fraction of sp³-hybridized carbons (Fsp3) is 0.0323. The Morgan fingerprint density at radius 3 is 1.67 bits per heavy atom. The minimum absolute atomic E-state index is 0.412. The number of rotatable bonds is 3. The molecule has 1 aliphatic carbocycles. The van der Waals surface area contributed by atoms with Crippen molar-refractivity contribution >= 4 is 31.9 Å². The molecule has 0 unspecified atom stereocenters. The van der Waals surface area contributed by atoms with E-state index in [-0.39, 0.29) is 0 Å². The lowest BCUT2D eigenvalue weighted by Crippen LogP contribution is -2.28. The Morgan fingerprint density at radius 1 is 0.455 bits per heavy atom. The molecular weight excluding hydrogens is 532 g/mol. The SMILES string of the molecule is Brc1cccc(C2(c3cccc(Br)c3)c3ccccc3-c3c(-c4ccccc4)cccc32)c1. The highest BCUT2D eigenvalue weighted by atomic mass is 79.9. The molecule has 5 aromatic carbocycles. The van der Waals surface area contributed by atoms with E-state index in [0.717, 1.165) is 8.95 Å². The molecule has 0 fully saturated rings. The Kier molecular flexibility index (Phi) is 5.09. The maximum absolute atomic E-state index is 3.74. The van der Waals surface area contributed by atoms with E-state index < -0.39 is 5.41 Å². The van der Waals surface area contributed by atoms with Crippen LogP contribution in [0.25, 0.3) is 22.3 Å². The number of fused-ring (bicyclic) bond motifs is 3. The van der Waals surface area contributed by atoms with Crippen LogP contribution in [-0.4, -0.2) is 0 Å². The van der Waals surface area contributed by atoms with Gasteiger partial charge in [0.25, 0.3) is 0 Å². The van der Waals surface area contributed by atoms with Crippen molar-refractivity contribution in [3.63, 3.8) is 0 Å². The summed E-state index contributed by atoms with van der Waals surface area (Å²) >= 11 is 7.48. The third kappa shape index (κ3) is 3.16. The van der Waals surface area contributed by atoms with E-state index in [1.807, 2.05) is 0 Å². The van der Waals surface area contributed by atoms with Crippen LogP contribution >= 0.6 is 31.9 Å². The molecule has 5 aromatic rings. The molecule has 0 amide bonds. The van der Waals surface area contributed by atoms with Crippen LogP contribution in [0.5, 0.6) is 0 Å². The first kappa shape index (κ1) is 20.7. The number of hydrogen-bond donors (Lipinski definition) is 0. The van der Waals surface area contributed by atoms with E-state index in [0.29, 0.717) is 0 Å². The summed E-state index contributed by atoms with van der Waals surface area (Å²) in [4.78, 5) is 0. The molecule has 33 heavy (non-hydrogen) atoms. The molecule has 0 N–H and O–H groups in total. The van der Waals surface area contributed by atoms with Crippen molar-refractivity contribution in [3.05, 3.63) is 153 Å². The third-order valence-corrected chi connectivity index (χ3v) is 7.66. The Balaban J connectivity index is 1.80. The van der Waals surface area contributed by atoms with Crippen molar-refractivity contribution in [3.8, 4) is 22.3 Å². The van der Waals surface area contributed by atoms with Crippen molar-refractivity contribution in [2.45, 2.75) is 5.41 Å². The van der Waals surface area contributed by atoms with Gasteiger partial charge in [0.2, 0.25) is 0 Å². The van der Waals surface area contributed by atoms with Crippen LogP contribution in [0.4, 0.5) is 0 Å². The second-order valence-electron chi connectivity index (χ2n) is 8.41. The molecule has 158 valence electrons. The fourth-order valence-electron chi connectivity index (χ4n) is 5.42. The lowest BCUT2D eigenvalue weighted by molar-refractivity contribution is 0.767. The zero-order chi connectivity index (χ0) is 22.4. The molecule has 0 heterocycles. The highest BCUT2D eigenvalue weighted by Crippen LogP contribution is 2.58. The minimum Gasteiger partial charge on any atom is -0.0622 e. The van der Waals surface area contributed by atoms with Gasteiger partial charge in [0, 0.05) is 8.95 Å². The van der Waals surface area contributed by atoms with E-state index in [4.69, 9.17) is 0 Å². The lowest BCUT2D eigenvalue weighted by atomic mass is 9.67. The van der Waals surface area contributed by atoms with E-state index in [1.54, 1.807) is 0 Å². The van der Waals surface area contributed by atoms with E-state index in [9.17, 15) is 0 Å². The van der Waals surface area contributed by atoms with Crippen LogP contribution in [0.15, 0.2) is 130 Å². The van der Waals surface area contributed by atoms with Crippen molar-refractivity contribution in [1.82, 2.24) is 0 Å². The van der Waals surface area contributed by atoms with Gasteiger partial charge in [0.1, 0.15) is 0 Å². The molecule has 0 nitrogen and oxygen atoms in total. The predicted octanol–water partition coefficient (Wildman–Crippen LogP) is 9.24. The van der Waals surface area contributed by atoms with Gasteiger partial charge in [-0.2, -0.15) is 0 Å². The first-order valence-corrected chi connectivity index (χ1v) is 12.6. The van der Waals surface area contributed by atoms with E-state index >= 15 is 0 Å². The van der Waals surface area contributed by atoms with Gasteiger partial charge in [-0.25, -0.2) is 0 Å². The fourth-order valence-corrected chi connectivity index (χ4v) is 6.22. The van der Waals surface area contributed by atoms with Crippen molar-refractivity contribution in [1.29, 1.82) is 0 Å². The van der Waals surface area contributed by atoms with Gasteiger partial charge >= 0.3 is 0 Å². The largest absolute Gasteiger partial charge is 0.0714 e. The lowest BCUT2D eigenvalue weighted by Gasteiger charge is -2.34. The summed E-state index contributed by atoms with van der Waals surface area (Å²) < 4.78 is 2.17. The first-order valence-electron chi connectivity index (χ1n) is 11.0. The summed E-state index contributed by atoms with van der Waals surface area (Å²) in [5, 5.41) is 0. The minimum atomic E-state index is -0.412. The quantitative estimate of drug-likeness (QED) is 0.205. The number of halogens is 2. The van der Waals surface area contributed by atoms with Crippen LogP contribution in [0.1, 0.15) is 22.3 Å². The summed E-state index contributed by atoms with van der Waals surface area (Å²) in [5.74, 6) is 0. The second-order valence-corrected chi connectivity index (χ2v) is 10.2. The summed E-state index contributed by atoms with van der Waals surface area (Å²) in [7, 11) is 0. The van der Waals surface area contributed by atoms with Crippen LogP contribution < -0.4 is 0 Å². The standard InChI is InChI=1S/C31H20Br2/c32-24-13-6-11-22(19-24)31(23-12-7-14-25(33)20-23)28-17-5-4-15-27(28)30-26(16-8-18-29(30)31)21-9-2-1-3-10-21/h1-20H. The molecule has 6 rings (SSSR count). The second kappa shape index (κ2) is 8.13. The Hall–Kier alpha value is -2.94. The zero-order valence-corrected chi connectivity index (χ0v) is 21.0. The molecule has 0 radical (unpaired) electrons. The zero-order valence-electron chi connectivity index (χ0n) is 17.8. The van der Waals surface area contributed by atoms with Gasteiger partial charge in [-0.15, -0.1) is 0 Å². The average Bonchev–Trinajstić information content (AvgIpc) is 3.16. The maximum atomic E-state index is 3.74. The van der Waals surface area contributed by atoms with Gasteiger partial charge in [-0.05, 0) is 68.8 Å². The van der Waals surface area contributed by atoms with Gasteiger partial charge in [-0.3, -0.25) is 0 Å². The van der Waals surface area contributed by atoms with Crippen LogP contribution in [0.2, 0.25) is 0 Å². The molecule has 1 aliphatic rings. The Labute approximate surface area is 211 Å². The van der Waals surface area contributed by atoms with E-state index in [1.165, 1.54) is 44.5 Å². The first-order chi connectivity index (χ1) is 16.2. The summed E-state index contributed by atoms with van der Waals surface area (Å²) in [6.45, 7) is 0. The monoisotopic (exact) mass is 550 g/mol. The highest BCUT2D eigenvalue weighted by molar-refractivity contribution is 9.10. The van der Waals surface area contributed by atoms with Crippen LogP contribution in [-0.2, 0) is 5.41 Å². The molecule has 0 spiro atoms. The van der Waals surface area contributed by atoms with Crippen molar-refractivity contribution in [2.24, 2.45) is 0 Å². The average molecular weight is 552 g/mol. The molecule has 0 saturated carbocycles. The van der Waals surface area contributed by atoms with Crippen LogP contribution in [0.3, 0.4) is 0 Å². The molecule has 0 bridgehead atoms. The normalized spacial score (nSPS) is 13.4. The summed E-state index contributed by atoms with van der Waals surface area (Å²) in [5.41, 5.74) is 9.87. The van der Waals surface area contributed by atoms with Crippen molar-refractivity contribution < 1.29 is 0 Å². The number of benzene rings is 5. The van der Waals surface area contributed by atoms with Crippen LogP contribution in [0, 0.1) is 0 Å². The molecule has 0 saturated heterocycles. The van der Waals surface area contributed by atoms with E-state index in [2.05, 4.69) is 153 Å². The third-order valence-electron chi connectivity index (χ3n) is 6.67. The highest BCUT2D eigenvalue weighted by Gasteiger charge is 2.46. The molecule has 0 aliphatic heterocycles. The predicted molar refractivity (Wildman–Crippen MR) is 145 cm³/mol. The van der Waals surface area contributed by atoms with Gasteiger partial charge in [0.05, 0.1) is 5.41 Å². The Bertz CT molecular complexity index is 1440. The molecular formula is C31H20Br2. The van der Waals surface area contributed by atoms with Gasteiger partial charge < -0.3 is 0 Å². The molecule has 0 atom stereocenters. The maximum Gasteiger partial charge on any atom is 0.0714 e. The Morgan fingerprint density at radius 2 is 1.00 bits per heavy atom. The summed E-state index contributed by atoms with van der Waals surface area (Å²) in [6.07, 6.45) is 0. The molecule has 2 heteroatoms. The van der Waals surface area contributed by atoms with Gasteiger partial charge in [0.15, 0.2) is 0 Å². The smallest absolute Gasteiger partial charge is 0.0622 e.